The molecule has 0 aliphatic heterocycles. The van der Waals surface area contributed by atoms with Gasteiger partial charge in [-0.3, -0.25) is 4.79 Å². The quantitative estimate of drug-likeness (QED) is 0.597. The molecule has 0 heterocycles. The van der Waals surface area contributed by atoms with E-state index in [1.165, 1.54) is 0 Å². The van der Waals surface area contributed by atoms with Gasteiger partial charge in [0.2, 0.25) is 5.91 Å². The lowest BCUT2D eigenvalue weighted by molar-refractivity contribution is -0.127. The van der Waals surface area contributed by atoms with E-state index in [-0.39, 0.29) is 5.91 Å². The van der Waals surface area contributed by atoms with Crippen LogP contribution in [0.2, 0.25) is 0 Å². The smallest absolute Gasteiger partial charge is 0.232 e. The summed E-state index contributed by atoms with van der Waals surface area (Å²) < 4.78 is 5.78. The SMILES string of the molecule is Cc1cccc(C)c1OCCCN(C)C(=O)CBr. The maximum Gasteiger partial charge on any atom is 0.232 e. The van der Waals surface area contributed by atoms with Gasteiger partial charge < -0.3 is 9.64 Å². The van der Waals surface area contributed by atoms with Crippen molar-refractivity contribution in [3.8, 4) is 5.75 Å². The van der Waals surface area contributed by atoms with Gasteiger partial charge >= 0.3 is 0 Å². The van der Waals surface area contributed by atoms with Crippen LogP contribution in [0.25, 0.3) is 0 Å². The van der Waals surface area contributed by atoms with Gasteiger partial charge in [0.25, 0.3) is 0 Å². The number of alkyl halides is 1. The van der Waals surface area contributed by atoms with Crippen molar-refractivity contribution in [1.82, 2.24) is 4.90 Å². The number of hydrogen-bond acceptors (Lipinski definition) is 2. The van der Waals surface area contributed by atoms with Gasteiger partial charge in [0.15, 0.2) is 0 Å². The standard InChI is InChI=1S/C14H20BrNO2/c1-11-6-4-7-12(2)14(11)18-9-5-8-16(3)13(17)10-15/h4,6-7H,5,8-10H2,1-3H3. The maximum atomic E-state index is 11.3. The molecule has 0 N–H and O–H groups in total. The zero-order valence-electron chi connectivity index (χ0n) is 11.2. The van der Waals surface area contributed by atoms with Crippen molar-refractivity contribution in [2.75, 3.05) is 25.5 Å². The van der Waals surface area contributed by atoms with E-state index < -0.39 is 0 Å². The number of halogens is 1. The first-order valence-electron chi connectivity index (χ1n) is 6.05. The van der Waals surface area contributed by atoms with Crippen molar-refractivity contribution in [3.05, 3.63) is 29.3 Å². The normalized spacial score (nSPS) is 10.2. The minimum atomic E-state index is 0.0991. The molecule has 1 aromatic carbocycles. The first kappa shape index (κ1) is 15.0. The Labute approximate surface area is 117 Å². The highest BCUT2D eigenvalue weighted by molar-refractivity contribution is 9.09. The third-order valence-corrected chi connectivity index (χ3v) is 3.31. The Morgan fingerprint density at radius 3 is 2.50 bits per heavy atom. The van der Waals surface area contributed by atoms with Crippen molar-refractivity contribution in [1.29, 1.82) is 0 Å². The fourth-order valence-corrected chi connectivity index (χ4v) is 2.16. The van der Waals surface area contributed by atoms with E-state index in [1.807, 2.05) is 39.1 Å². The number of carbonyl (C=O) groups excluding carboxylic acids is 1. The molecule has 0 aliphatic carbocycles. The molecule has 0 aromatic heterocycles. The van der Waals surface area contributed by atoms with Gasteiger partial charge in [-0.25, -0.2) is 0 Å². The fraction of sp³-hybridized carbons (Fsp3) is 0.500. The molecule has 0 spiro atoms. The molecule has 1 rings (SSSR count). The topological polar surface area (TPSA) is 29.5 Å². The van der Waals surface area contributed by atoms with Crippen LogP contribution in [0.1, 0.15) is 17.5 Å². The molecular formula is C14H20BrNO2. The summed E-state index contributed by atoms with van der Waals surface area (Å²) in [4.78, 5) is 13.0. The predicted octanol–water partition coefficient (Wildman–Crippen LogP) is 2.93. The highest BCUT2D eigenvalue weighted by atomic mass is 79.9. The molecule has 3 nitrogen and oxygen atoms in total. The number of nitrogens with zero attached hydrogens (tertiary/aromatic N) is 1. The molecule has 0 bridgehead atoms. The molecule has 0 saturated heterocycles. The molecule has 0 radical (unpaired) electrons. The summed E-state index contributed by atoms with van der Waals surface area (Å²) in [6.07, 6.45) is 0.836. The third kappa shape index (κ3) is 4.33. The van der Waals surface area contributed by atoms with Crippen LogP contribution in [-0.4, -0.2) is 36.3 Å². The van der Waals surface area contributed by atoms with Crippen molar-refractivity contribution in [3.63, 3.8) is 0 Å². The first-order chi connectivity index (χ1) is 8.56. The van der Waals surface area contributed by atoms with Crippen LogP contribution in [0, 0.1) is 13.8 Å². The van der Waals surface area contributed by atoms with Crippen LogP contribution < -0.4 is 4.74 Å². The van der Waals surface area contributed by atoms with Crippen molar-refractivity contribution in [2.24, 2.45) is 0 Å². The van der Waals surface area contributed by atoms with E-state index in [1.54, 1.807) is 4.90 Å². The van der Waals surface area contributed by atoms with Gasteiger partial charge in [0.1, 0.15) is 5.75 Å². The number of amides is 1. The van der Waals surface area contributed by atoms with Crippen LogP contribution in [-0.2, 0) is 4.79 Å². The van der Waals surface area contributed by atoms with Crippen molar-refractivity contribution < 1.29 is 9.53 Å². The average molecular weight is 314 g/mol. The molecule has 1 aromatic rings. The zero-order chi connectivity index (χ0) is 13.5. The van der Waals surface area contributed by atoms with Crippen molar-refractivity contribution >= 4 is 21.8 Å². The monoisotopic (exact) mass is 313 g/mol. The van der Waals surface area contributed by atoms with Crippen LogP contribution in [0.4, 0.5) is 0 Å². The molecular weight excluding hydrogens is 294 g/mol. The van der Waals surface area contributed by atoms with E-state index >= 15 is 0 Å². The first-order valence-corrected chi connectivity index (χ1v) is 7.17. The molecule has 1 amide bonds. The van der Waals surface area contributed by atoms with E-state index in [0.29, 0.717) is 11.9 Å². The summed E-state index contributed by atoms with van der Waals surface area (Å²) in [5, 5.41) is 0.376. The van der Waals surface area contributed by atoms with Crippen LogP contribution in [0.15, 0.2) is 18.2 Å². The van der Waals surface area contributed by atoms with Crippen molar-refractivity contribution in [2.45, 2.75) is 20.3 Å². The number of para-hydroxylation sites is 1. The summed E-state index contributed by atoms with van der Waals surface area (Å²) in [5.74, 6) is 1.06. The number of ether oxygens (including phenoxy) is 1. The molecule has 0 unspecified atom stereocenters. The predicted molar refractivity (Wildman–Crippen MR) is 77.5 cm³/mol. The maximum absolute atomic E-state index is 11.3. The number of rotatable bonds is 6. The Balaban J connectivity index is 2.36. The second-order valence-electron chi connectivity index (χ2n) is 4.37. The Hall–Kier alpha value is -1.03. The van der Waals surface area contributed by atoms with E-state index in [4.69, 9.17) is 4.74 Å². The van der Waals surface area contributed by atoms with E-state index in [0.717, 1.165) is 29.8 Å². The van der Waals surface area contributed by atoms with Gasteiger partial charge in [0.05, 0.1) is 11.9 Å². The van der Waals surface area contributed by atoms with Gasteiger partial charge in [0, 0.05) is 13.6 Å². The number of aryl methyl sites for hydroxylation is 2. The lowest BCUT2D eigenvalue weighted by atomic mass is 10.1. The van der Waals surface area contributed by atoms with Gasteiger partial charge in [-0.1, -0.05) is 34.1 Å². The lowest BCUT2D eigenvalue weighted by Crippen LogP contribution is -2.29. The molecule has 18 heavy (non-hydrogen) atoms. The highest BCUT2D eigenvalue weighted by Crippen LogP contribution is 2.22. The summed E-state index contributed by atoms with van der Waals surface area (Å²) in [6.45, 7) is 5.44. The summed E-state index contributed by atoms with van der Waals surface area (Å²) in [6, 6.07) is 6.12. The minimum Gasteiger partial charge on any atom is -0.493 e. The van der Waals surface area contributed by atoms with Gasteiger partial charge in [-0.2, -0.15) is 0 Å². The third-order valence-electron chi connectivity index (χ3n) is 2.83. The van der Waals surface area contributed by atoms with Gasteiger partial charge in [-0.15, -0.1) is 0 Å². The second kappa shape index (κ2) is 7.41. The van der Waals surface area contributed by atoms with Crippen LogP contribution in [0.5, 0.6) is 5.75 Å². The van der Waals surface area contributed by atoms with E-state index in [9.17, 15) is 4.79 Å². The zero-order valence-corrected chi connectivity index (χ0v) is 12.8. The Kier molecular flexibility index (Phi) is 6.19. The number of benzene rings is 1. The molecule has 0 aliphatic rings. The molecule has 0 saturated carbocycles. The number of hydrogen-bond donors (Lipinski definition) is 0. The Morgan fingerprint density at radius 1 is 1.33 bits per heavy atom. The van der Waals surface area contributed by atoms with Crippen LogP contribution in [0.3, 0.4) is 0 Å². The van der Waals surface area contributed by atoms with E-state index in [2.05, 4.69) is 15.9 Å². The number of carbonyl (C=O) groups is 1. The Bertz CT molecular complexity index is 387. The fourth-order valence-electron chi connectivity index (χ4n) is 1.73. The minimum absolute atomic E-state index is 0.0991. The average Bonchev–Trinajstić information content (AvgIpc) is 2.36. The highest BCUT2D eigenvalue weighted by Gasteiger charge is 2.07. The summed E-state index contributed by atoms with van der Waals surface area (Å²) in [5.41, 5.74) is 2.31. The molecule has 100 valence electrons. The lowest BCUT2D eigenvalue weighted by Gasteiger charge is -2.16. The molecule has 0 fully saturated rings. The summed E-state index contributed by atoms with van der Waals surface area (Å²) in [7, 11) is 1.81. The molecule has 0 atom stereocenters. The largest absolute Gasteiger partial charge is 0.493 e. The summed E-state index contributed by atoms with van der Waals surface area (Å²) >= 11 is 3.16. The van der Waals surface area contributed by atoms with Crippen LogP contribution >= 0.6 is 15.9 Å². The Morgan fingerprint density at radius 2 is 1.94 bits per heavy atom. The second-order valence-corrected chi connectivity index (χ2v) is 4.93. The van der Waals surface area contributed by atoms with Gasteiger partial charge in [-0.05, 0) is 31.4 Å². The molecule has 4 heteroatoms.